The highest BCUT2D eigenvalue weighted by molar-refractivity contribution is 5.16. The summed E-state index contributed by atoms with van der Waals surface area (Å²) in [5, 5.41) is 0. The van der Waals surface area contributed by atoms with Crippen molar-refractivity contribution in [1.29, 1.82) is 0 Å². The number of halogens is 1. The van der Waals surface area contributed by atoms with Gasteiger partial charge in [0.25, 0.3) is 0 Å². The fourth-order valence-corrected chi connectivity index (χ4v) is 3.48. The normalized spacial score (nSPS) is 19.2. The van der Waals surface area contributed by atoms with Crippen LogP contribution in [0, 0.1) is 18.7 Å². The Kier molecular flexibility index (Phi) is 5.11. The summed E-state index contributed by atoms with van der Waals surface area (Å²) in [6.07, 6.45) is 6.81. The van der Waals surface area contributed by atoms with E-state index in [9.17, 15) is 4.39 Å². The van der Waals surface area contributed by atoms with Crippen LogP contribution in [0.1, 0.15) is 36.3 Å². The molecule has 1 aromatic heterocycles. The van der Waals surface area contributed by atoms with Crippen molar-refractivity contribution in [1.82, 2.24) is 14.5 Å². The number of hydrogen-bond donors (Lipinski definition) is 0. The van der Waals surface area contributed by atoms with Crippen molar-refractivity contribution in [2.24, 2.45) is 13.0 Å². The molecule has 124 valence electrons. The Labute approximate surface area is 138 Å². The summed E-state index contributed by atoms with van der Waals surface area (Å²) in [7, 11) is 2.09. The topological polar surface area (TPSA) is 21.1 Å². The SMILES string of the molecule is Cc1ncc(CN2CCCC(CCc3ccc(F)cc3)C2)n1C. The molecule has 0 amide bonds. The van der Waals surface area contributed by atoms with E-state index in [1.165, 1.54) is 37.1 Å². The van der Waals surface area contributed by atoms with E-state index in [0.717, 1.165) is 31.3 Å². The lowest BCUT2D eigenvalue weighted by Gasteiger charge is -2.32. The molecule has 3 nitrogen and oxygen atoms in total. The van der Waals surface area contributed by atoms with Crippen molar-refractivity contribution < 1.29 is 4.39 Å². The second-order valence-corrected chi connectivity index (χ2v) is 6.76. The summed E-state index contributed by atoms with van der Waals surface area (Å²) in [6, 6.07) is 6.95. The zero-order valence-electron chi connectivity index (χ0n) is 14.1. The Hall–Kier alpha value is -1.68. The molecular weight excluding hydrogens is 289 g/mol. The van der Waals surface area contributed by atoms with Crippen molar-refractivity contribution >= 4 is 0 Å². The van der Waals surface area contributed by atoms with Crippen LogP contribution in [0.5, 0.6) is 0 Å². The quantitative estimate of drug-likeness (QED) is 0.838. The molecule has 0 spiro atoms. The number of imidazole rings is 1. The van der Waals surface area contributed by atoms with Gasteiger partial charge >= 0.3 is 0 Å². The molecule has 23 heavy (non-hydrogen) atoms. The molecule has 0 aliphatic carbocycles. The van der Waals surface area contributed by atoms with Gasteiger partial charge in [-0.2, -0.15) is 0 Å². The third-order valence-electron chi connectivity index (χ3n) is 5.06. The van der Waals surface area contributed by atoms with Crippen LogP contribution in [-0.4, -0.2) is 27.5 Å². The van der Waals surface area contributed by atoms with Gasteiger partial charge in [0.05, 0.1) is 5.69 Å². The fourth-order valence-electron chi connectivity index (χ4n) is 3.48. The second-order valence-electron chi connectivity index (χ2n) is 6.76. The monoisotopic (exact) mass is 315 g/mol. The summed E-state index contributed by atoms with van der Waals surface area (Å²) in [5.41, 5.74) is 2.53. The van der Waals surface area contributed by atoms with Crippen LogP contribution in [0.15, 0.2) is 30.5 Å². The van der Waals surface area contributed by atoms with Gasteiger partial charge in [0.1, 0.15) is 11.6 Å². The minimum Gasteiger partial charge on any atom is -0.334 e. The van der Waals surface area contributed by atoms with Gasteiger partial charge in [-0.25, -0.2) is 9.37 Å². The van der Waals surface area contributed by atoms with Crippen LogP contribution in [-0.2, 0) is 20.0 Å². The summed E-state index contributed by atoms with van der Waals surface area (Å²) in [4.78, 5) is 6.94. The molecule has 0 bridgehead atoms. The number of benzene rings is 1. The summed E-state index contributed by atoms with van der Waals surface area (Å²) in [5.74, 6) is 1.66. The highest BCUT2D eigenvalue weighted by atomic mass is 19.1. The highest BCUT2D eigenvalue weighted by Gasteiger charge is 2.20. The van der Waals surface area contributed by atoms with Crippen LogP contribution in [0.25, 0.3) is 0 Å². The first-order chi connectivity index (χ1) is 11.1. The van der Waals surface area contributed by atoms with Crippen molar-refractivity contribution in [3.63, 3.8) is 0 Å². The Morgan fingerprint density at radius 3 is 2.74 bits per heavy atom. The zero-order chi connectivity index (χ0) is 16.2. The van der Waals surface area contributed by atoms with E-state index in [1.807, 2.05) is 25.3 Å². The third-order valence-corrected chi connectivity index (χ3v) is 5.06. The summed E-state index contributed by atoms with van der Waals surface area (Å²) >= 11 is 0. The van der Waals surface area contributed by atoms with Gasteiger partial charge in [0.2, 0.25) is 0 Å². The molecule has 1 unspecified atom stereocenters. The van der Waals surface area contributed by atoms with Crippen molar-refractivity contribution in [2.75, 3.05) is 13.1 Å². The molecule has 3 rings (SSSR count). The maximum atomic E-state index is 13.0. The van der Waals surface area contributed by atoms with E-state index in [1.54, 1.807) is 12.1 Å². The van der Waals surface area contributed by atoms with Crippen LogP contribution in [0.3, 0.4) is 0 Å². The van der Waals surface area contributed by atoms with Crippen molar-refractivity contribution in [3.8, 4) is 0 Å². The van der Waals surface area contributed by atoms with Crippen LogP contribution in [0.4, 0.5) is 4.39 Å². The molecule has 0 N–H and O–H groups in total. The molecule has 4 heteroatoms. The number of piperidine rings is 1. The van der Waals surface area contributed by atoms with Gasteiger partial charge in [-0.3, -0.25) is 4.90 Å². The molecule has 1 atom stereocenters. The van der Waals surface area contributed by atoms with Crippen LogP contribution < -0.4 is 0 Å². The molecule has 0 radical (unpaired) electrons. The molecule has 1 aliphatic heterocycles. The predicted octanol–water partition coefficient (Wildman–Crippen LogP) is 3.71. The molecule has 2 aromatic rings. The first-order valence-corrected chi connectivity index (χ1v) is 8.56. The molecule has 1 saturated heterocycles. The lowest BCUT2D eigenvalue weighted by atomic mass is 9.91. The van der Waals surface area contributed by atoms with E-state index in [-0.39, 0.29) is 5.82 Å². The van der Waals surface area contributed by atoms with Crippen molar-refractivity contribution in [2.45, 2.75) is 39.2 Å². The first kappa shape index (κ1) is 16.2. The lowest BCUT2D eigenvalue weighted by molar-refractivity contribution is 0.159. The maximum absolute atomic E-state index is 13.0. The molecule has 2 heterocycles. The van der Waals surface area contributed by atoms with Crippen molar-refractivity contribution in [3.05, 3.63) is 53.4 Å². The zero-order valence-corrected chi connectivity index (χ0v) is 14.1. The molecule has 1 fully saturated rings. The highest BCUT2D eigenvalue weighted by Crippen LogP contribution is 2.23. The Morgan fingerprint density at radius 2 is 2.04 bits per heavy atom. The average Bonchev–Trinajstić information content (AvgIpc) is 2.87. The Bertz CT molecular complexity index is 633. The van der Waals surface area contributed by atoms with E-state index in [4.69, 9.17) is 0 Å². The molecule has 0 saturated carbocycles. The number of aryl methyl sites for hydroxylation is 2. The standard InChI is InChI=1S/C19H26FN3/c1-15-21-12-19(22(15)2)14-23-11-3-4-17(13-23)6-5-16-7-9-18(20)10-8-16/h7-10,12,17H,3-6,11,13-14H2,1-2H3. The van der Waals surface area contributed by atoms with E-state index in [0.29, 0.717) is 0 Å². The largest absolute Gasteiger partial charge is 0.334 e. The van der Waals surface area contributed by atoms with Gasteiger partial charge in [0, 0.05) is 26.3 Å². The number of hydrogen-bond acceptors (Lipinski definition) is 2. The lowest BCUT2D eigenvalue weighted by Crippen LogP contribution is -2.35. The van der Waals surface area contributed by atoms with Gasteiger partial charge in [-0.15, -0.1) is 0 Å². The fraction of sp³-hybridized carbons (Fsp3) is 0.526. The second kappa shape index (κ2) is 7.26. The van der Waals surface area contributed by atoms with E-state index < -0.39 is 0 Å². The minimum atomic E-state index is -0.149. The summed E-state index contributed by atoms with van der Waals surface area (Å²) in [6.45, 7) is 5.37. The number of nitrogens with zero attached hydrogens (tertiary/aromatic N) is 3. The predicted molar refractivity (Wildman–Crippen MR) is 90.7 cm³/mol. The Morgan fingerprint density at radius 1 is 1.26 bits per heavy atom. The number of rotatable bonds is 5. The maximum Gasteiger partial charge on any atom is 0.123 e. The van der Waals surface area contributed by atoms with E-state index in [2.05, 4.69) is 21.5 Å². The molecular formula is C19H26FN3. The molecule has 1 aromatic carbocycles. The van der Waals surface area contributed by atoms with Gasteiger partial charge < -0.3 is 4.57 Å². The van der Waals surface area contributed by atoms with E-state index >= 15 is 0 Å². The third kappa shape index (κ3) is 4.20. The number of likely N-dealkylation sites (tertiary alicyclic amines) is 1. The Balaban J connectivity index is 1.51. The molecule has 1 aliphatic rings. The van der Waals surface area contributed by atoms with Gasteiger partial charge in [0.15, 0.2) is 0 Å². The van der Waals surface area contributed by atoms with Crippen LogP contribution >= 0.6 is 0 Å². The van der Waals surface area contributed by atoms with Crippen LogP contribution in [0.2, 0.25) is 0 Å². The average molecular weight is 315 g/mol. The minimum absolute atomic E-state index is 0.149. The van der Waals surface area contributed by atoms with Gasteiger partial charge in [-0.1, -0.05) is 12.1 Å². The van der Waals surface area contributed by atoms with Gasteiger partial charge in [-0.05, 0) is 62.8 Å². The summed E-state index contributed by atoms with van der Waals surface area (Å²) < 4.78 is 15.1. The number of aromatic nitrogens is 2. The first-order valence-electron chi connectivity index (χ1n) is 8.56. The smallest absolute Gasteiger partial charge is 0.123 e.